The summed E-state index contributed by atoms with van der Waals surface area (Å²) in [4.78, 5) is 26.8. The Balaban J connectivity index is 1.65. The van der Waals surface area contributed by atoms with Gasteiger partial charge in [-0.15, -0.1) is 11.3 Å². The first kappa shape index (κ1) is 21.9. The number of methoxy groups -OCH3 is 1. The number of thiocarbonyl (C=S) groups is 1. The van der Waals surface area contributed by atoms with Crippen molar-refractivity contribution in [3.8, 4) is 5.75 Å². The molecular formula is C21H25N4O3S2+. The number of nitrogens with one attached hydrogen (secondary N) is 3. The van der Waals surface area contributed by atoms with Crippen LogP contribution in [0.3, 0.4) is 0 Å². The third-order valence-corrected chi connectivity index (χ3v) is 6.33. The number of hydrogen-bond acceptors (Lipinski definition) is 5. The lowest BCUT2D eigenvalue weighted by atomic mass is 10.0. The minimum atomic E-state index is -0.483. The molecule has 7 nitrogen and oxygen atoms in total. The van der Waals surface area contributed by atoms with E-state index in [1.54, 1.807) is 13.2 Å². The average Bonchev–Trinajstić information content (AvgIpc) is 3.09. The van der Waals surface area contributed by atoms with Crippen LogP contribution in [-0.2, 0) is 17.8 Å². The van der Waals surface area contributed by atoms with Crippen LogP contribution in [0.25, 0.3) is 6.08 Å². The number of hydrogen-bond donors (Lipinski definition) is 4. The van der Waals surface area contributed by atoms with Crippen LogP contribution in [0.1, 0.15) is 33.3 Å². The van der Waals surface area contributed by atoms with E-state index < -0.39 is 5.91 Å². The van der Waals surface area contributed by atoms with Gasteiger partial charge in [0.05, 0.1) is 30.6 Å². The smallest absolute Gasteiger partial charge is 0.252 e. The summed E-state index contributed by atoms with van der Waals surface area (Å²) in [5.41, 5.74) is 7.97. The van der Waals surface area contributed by atoms with E-state index in [1.807, 2.05) is 24.3 Å². The Morgan fingerprint density at radius 1 is 1.33 bits per heavy atom. The van der Waals surface area contributed by atoms with Crippen molar-refractivity contribution >= 4 is 51.6 Å². The number of anilines is 1. The van der Waals surface area contributed by atoms with Gasteiger partial charge in [-0.2, -0.15) is 0 Å². The van der Waals surface area contributed by atoms with Crippen molar-refractivity contribution in [1.82, 2.24) is 5.32 Å². The molecule has 1 aliphatic heterocycles. The van der Waals surface area contributed by atoms with Crippen LogP contribution in [0.15, 0.2) is 30.3 Å². The van der Waals surface area contributed by atoms with Gasteiger partial charge in [0.15, 0.2) is 5.11 Å². The second-order valence-corrected chi connectivity index (χ2v) is 8.42. The van der Waals surface area contributed by atoms with Crippen molar-refractivity contribution in [2.24, 2.45) is 5.73 Å². The number of likely N-dealkylation sites (N-methyl/N-ethyl adjacent to an activating group) is 1. The number of carbonyl (C=O) groups excluding carboxylic acids is 2. The Morgan fingerprint density at radius 3 is 2.70 bits per heavy atom. The summed E-state index contributed by atoms with van der Waals surface area (Å²) in [7, 11) is 1.60. The second-order valence-electron chi connectivity index (χ2n) is 6.90. The Morgan fingerprint density at radius 2 is 2.07 bits per heavy atom. The molecule has 2 aromatic rings. The molecule has 158 valence electrons. The molecule has 0 fully saturated rings. The van der Waals surface area contributed by atoms with E-state index in [0.29, 0.717) is 10.6 Å². The average molecular weight is 446 g/mol. The van der Waals surface area contributed by atoms with Crippen LogP contribution in [0.4, 0.5) is 5.00 Å². The number of ether oxygens (including phenoxy) is 1. The summed E-state index contributed by atoms with van der Waals surface area (Å²) in [6.45, 7) is 5.01. The number of rotatable bonds is 6. The maximum Gasteiger partial charge on any atom is 0.252 e. The lowest BCUT2D eigenvalue weighted by molar-refractivity contribution is -0.913. The van der Waals surface area contributed by atoms with Crippen LogP contribution < -0.4 is 26.0 Å². The van der Waals surface area contributed by atoms with Gasteiger partial charge in [-0.3, -0.25) is 14.9 Å². The van der Waals surface area contributed by atoms with Gasteiger partial charge < -0.3 is 20.7 Å². The van der Waals surface area contributed by atoms with E-state index in [-0.39, 0.29) is 11.0 Å². The topological polar surface area (TPSA) is 97.9 Å². The Hall–Kier alpha value is -2.75. The number of quaternary nitrogens is 1. The van der Waals surface area contributed by atoms with Gasteiger partial charge in [0.25, 0.3) is 5.91 Å². The van der Waals surface area contributed by atoms with Crippen molar-refractivity contribution in [3.05, 3.63) is 51.9 Å². The van der Waals surface area contributed by atoms with Gasteiger partial charge in [0.1, 0.15) is 17.3 Å². The molecule has 0 spiro atoms. The maximum absolute atomic E-state index is 12.2. The molecule has 30 heavy (non-hydrogen) atoms. The zero-order valence-corrected chi connectivity index (χ0v) is 18.5. The Kier molecular flexibility index (Phi) is 7.20. The third kappa shape index (κ3) is 5.24. The number of amides is 2. The van der Waals surface area contributed by atoms with Crippen LogP contribution in [-0.4, -0.2) is 37.1 Å². The van der Waals surface area contributed by atoms with E-state index >= 15 is 0 Å². The fourth-order valence-electron chi connectivity index (χ4n) is 3.36. The molecule has 2 heterocycles. The van der Waals surface area contributed by atoms with E-state index in [4.69, 9.17) is 22.7 Å². The van der Waals surface area contributed by atoms with E-state index in [1.165, 1.54) is 22.3 Å². The number of thiophene rings is 1. The Bertz CT molecular complexity index is 983. The molecule has 3 rings (SSSR count). The highest BCUT2D eigenvalue weighted by molar-refractivity contribution is 7.80. The van der Waals surface area contributed by atoms with Gasteiger partial charge in [-0.1, -0.05) is 12.1 Å². The summed E-state index contributed by atoms with van der Waals surface area (Å²) >= 11 is 6.74. The van der Waals surface area contributed by atoms with Gasteiger partial charge in [0.2, 0.25) is 5.91 Å². The summed E-state index contributed by atoms with van der Waals surface area (Å²) in [6, 6.07) is 7.32. The molecule has 2 amide bonds. The number of carbonyl (C=O) groups is 2. The highest BCUT2D eigenvalue weighted by Gasteiger charge is 2.28. The molecule has 0 saturated heterocycles. The van der Waals surface area contributed by atoms with Crippen LogP contribution in [0.2, 0.25) is 0 Å². The molecular weight excluding hydrogens is 420 g/mol. The van der Waals surface area contributed by atoms with Crippen molar-refractivity contribution < 1.29 is 19.2 Å². The van der Waals surface area contributed by atoms with Crippen molar-refractivity contribution in [2.45, 2.75) is 19.9 Å². The fourth-order valence-corrected chi connectivity index (χ4v) is 4.96. The SMILES string of the molecule is CC[NH+]1CCc2c(sc(NC(=S)NC(=O)C=Cc3ccc(OC)cc3)c2C(N)=O)C1. The van der Waals surface area contributed by atoms with E-state index in [9.17, 15) is 9.59 Å². The minimum absolute atomic E-state index is 0.125. The molecule has 1 unspecified atom stereocenters. The van der Waals surface area contributed by atoms with Gasteiger partial charge >= 0.3 is 0 Å². The molecule has 1 atom stereocenters. The lowest BCUT2D eigenvalue weighted by Gasteiger charge is -2.22. The van der Waals surface area contributed by atoms with Crippen LogP contribution >= 0.6 is 23.6 Å². The first-order chi connectivity index (χ1) is 14.4. The first-order valence-corrected chi connectivity index (χ1v) is 10.9. The molecule has 5 N–H and O–H groups in total. The molecule has 1 aromatic heterocycles. The van der Waals surface area contributed by atoms with Gasteiger partial charge in [-0.05, 0) is 48.5 Å². The van der Waals surface area contributed by atoms with Crippen molar-refractivity contribution in [2.75, 3.05) is 25.5 Å². The predicted molar refractivity (Wildman–Crippen MR) is 123 cm³/mol. The second kappa shape index (κ2) is 9.84. The molecule has 0 bridgehead atoms. The minimum Gasteiger partial charge on any atom is -0.497 e. The monoisotopic (exact) mass is 445 g/mol. The maximum atomic E-state index is 12.2. The molecule has 1 aliphatic rings. The summed E-state index contributed by atoms with van der Waals surface area (Å²) in [6.07, 6.45) is 3.88. The summed E-state index contributed by atoms with van der Waals surface area (Å²) in [5, 5.41) is 6.31. The van der Waals surface area contributed by atoms with E-state index in [0.717, 1.165) is 47.8 Å². The largest absolute Gasteiger partial charge is 0.497 e. The molecule has 0 aliphatic carbocycles. The van der Waals surface area contributed by atoms with E-state index in [2.05, 4.69) is 17.6 Å². The summed E-state index contributed by atoms with van der Waals surface area (Å²) < 4.78 is 5.11. The number of nitrogens with two attached hydrogens (primary N) is 1. The first-order valence-electron chi connectivity index (χ1n) is 9.63. The predicted octanol–water partition coefficient (Wildman–Crippen LogP) is 1.34. The summed E-state index contributed by atoms with van der Waals surface area (Å²) in [5.74, 6) is -0.107. The lowest BCUT2D eigenvalue weighted by Crippen LogP contribution is -3.11. The quantitative estimate of drug-likeness (QED) is 0.397. The zero-order chi connectivity index (χ0) is 21.7. The van der Waals surface area contributed by atoms with Crippen LogP contribution in [0.5, 0.6) is 5.75 Å². The molecule has 0 saturated carbocycles. The standard InChI is InChI=1S/C21H24N4O3S2/c1-3-25-11-10-15-16(12-25)30-20(18(15)19(22)27)24-21(29)23-17(26)9-6-13-4-7-14(28-2)8-5-13/h4-9H,3,10-12H2,1-2H3,(H2,22,27)(H2,23,24,26,29)/p+1. The fraction of sp³-hybridized carbons (Fsp3) is 0.286. The van der Waals surface area contributed by atoms with Crippen molar-refractivity contribution in [3.63, 3.8) is 0 Å². The zero-order valence-electron chi connectivity index (χ0n) is 16.9. The van der Waals surface area contributed by atoms with Gasteiger partial charge in [0, 0.05) is 12.5 Å². The van der Waals surface area contributed by atoms with Crippen molar-refractivity contribution in [1.29, 1.82) is 0 Å². The van der Waals surface area contributed by atoms with Gasteiger partial charge in [-0.25, -0.2) is 0 Å². The number of fused-ring (bicyclic) bond motifs is 1. The molecule has 9 heteroatoms. The highest BCUT2D eigenvalue weighted by Crippen LogP contribution is 2.34. The Labute approximate surface area is 184 Å². The number of primary amides is 1. The third-order valence-electron chi connectivity index (χ3n) is 4.98. The van der Waals surface area contributed by atoms with Crippen LogP contribution in [0, 0.1) is 0 Å². The normalized spacial score (nSPS) is 15.5. The highest BCUT2D eigenvalue weighted by atomic mass is 32.1. The molecule has 0 radical (unpaired) electrons. The number of benzene rings is 1. The molecule has 1 aromatic carbocycles.